The van der Waals surface area contributed by atoms with Crippen LogP contribution in [0.1, 0.15) is 6.42 Å². The van der Waals surface area contributed by atoms with Crippen LogP contribution in [0.4, 0.5) is 5.69 Å². The van der Waals surface area contributed by atoms with Gasteiger partial charge >= 0.3 is 0 Å². The molecule has 0 N–H and O–H groups in total. The highest BCUT2D eigenvalue weighted by molar-refractivity contribution is 14.1. The first-order valence-corrected chi connectivity index (χ1v) is 7.48. The Morgan fingerprint density at radius 1 is 1.56 bits per heavy atom. The van der Waals surface area contributed by atoms with E-state index in [4.69, 9.17) is 0 Å². The van der Waals surface area contributed by atoms with Gasteiger partial charge < -0.3 is 4.90 Å². The molecule has 1 aliphatic rings. The summed E-state index contributed by atoms with van der Waals surface area (Å²) < 4.78 is 2.14. The third-order valence-corrected chi connectivity index (χ3v) is 4.54. The molecule has 1 unspecified atom stereocenters. The number of carbonyl (C=O) groups excluding carboxylic acids is 1. The maximum Gasteiger partial charge on any atom is 0.227 e. The van der Waals surface area contributed by atoms with Crippen molar-refractivity contribution < 1.29 is 4.79 Å². The molecule has 2 rings (SSSR count). The monoisotopic (exact) mass is 411 g/mol. The Morgan fingerprint density at radius 3 is 2.88 bits per heavy atom. The first kappa shape index (κ1) is 12.7. The van der Waals surface area contributed by atoms with Crippen molar-refractivity contribution in [3.8, 4) is 0 Å². The molecule has 1 aromatic rings. The van der Waals surface area contributed by atoms with Crippen molar-refractivity contribution in [2.75, 3.05) is 17.2 Å². The molecule has 1 atom stereocenters. The first-order valence-electron chi connectivity index (χ1n) is 4.98. The molecule has 1 amide bonds. The maximum absolute atomic E-state index is 11.9. The smallest absolute Gasteiger partial charge is 0.227 e. The normalized spacial score (nSPS) is 20.6. The van der Waals surface area contributed by atoms with Crippen LogP contribution < -0.4 is 4.90 Å². The minimum Gasteiger partial charge on any atom is -0.311 e. The quantitative estimate of drug-likeness (QED) is 0.584. The topological polar surface area (TPSA) is 20.3 Å². The van der Waals surface area contributed by atoms with Gasteiger partial charge in [0.25, 0.3) is 0 Å². The van der Waals surface area contributed by atoms with Crippen molar-refractivity contribution in [1.82, 2.24) is 0 Å². The summed E-state index contributed by atoms with van der Waals surface area (Å²) in [7, 11) is 0. The van der Waals surface area contributed by atoms with Crippen LogP contribution in [0.15, 0.2) is 22.7 Å². The van der Waals surface area contributed by atoms with Crippen LogP contribution in [-0.4, -0.2) is 18.2 Å². The van der Waals surface area contributed by atoms with E-state index < -0.39 is 0 Å². The summed E-state index contributed by atoms with van der Waals surface area (Å²) in [6.07, 6.45) is 0.621. The lowest BCUT2D eigenvalue weighted by Crippen LogP contribution is -2.25. The third kappa shape index (κ3) is 2.56. The second-order valence-corrected chi connectivity index (χ2v) is 6.30. The summed E-state index contributed by atoms with van der Waals surface area (Å²) in [6.45, 7) is 0.792. The van der Waals surface area contributed by atoms with Crippen molar-refractivity contribution in [1.29, 1.82) is 0 Å². The van der Waals surface area contributed by atoms with E-state index in [1.807, 2.05) is 23.1 Å². The number of anilines is 1. The van der Waals surface area contributed by atoms with E-state index in [1.165, 1.54) is 0 Å². The molecule has 1 saturated heterocycles. The Kier molecular flexibility index (Phi) is 4.18. The lowest BCUT2D eigenvalue weighted by Gasteiger charge is -2.18. The first-order chi connectivity index (χ1) is 7.61. The van der Waals surface area contributed by atoms with E-state index >= 15 is 0 Å². The minimum absolute atomic E-state index is 0.208. The third-order valence-electron chi connectivity index (χ3n) is 2.66. The Hall–Kier alpha value is 0.250. The van der Waals surface area contributed by atoms with Crippen molar-refractivity contribution in [3.05, 3.63) is 26.2 Å². The van der Waals surface area contributed by atoms with Crippen molar-refractivity contribution in [3.63, 3.8) is 0 Å². The van der Waals surface area contributed by atoms with Gasteiger partial charge in [0.15, 0.2) is 0 Å². The second-order valence-electron chi connectivity index (χ2n) is 3.85. The van der Waals surface area contributed by atoms with E-state index in [-0.39, 0.29) is 5.91 Å². The van der Waals surface area contributed by atoms with Crippen molar-refractivity contribution >= 4 is 62.7 Å². The van der Waals surface area contributed by atoms with Gasteiger partial charge in [-0.15, -0.1) is 0 Å². The number of halogens is 2. The zero-order valence-electron chi connectivity index (χ0n) is 8.49. The standard InChI is InChI=1S/C11H11BrINOS/c12-8-1-2-10(9(13)4-8)14-5-7(6-16)3-11(14)15/h1-2,4,7,16H,3,5-6H2. The molecule has 1 aliphatic heterocycles. The molecule has 1 aromatic carbocycles. The average molecular weight is 412 g/mol. The highest BCUT2D eigenvalue weighted by atomic mass is 127. The molecule has 0 aliphatic carbocycles. The number of thiol groups is 1. The molecule has 0 aromatic heterocycles. The van der Waals surface area contributed by atoms with Gasteiger partial charge in [0.05, 0.1) is 5.69 Å². The molecule has 5 heteroatoms. The van der Waals surface area contributed by atoms with E-state index in [2.05, 4.69) is 51.1 Å². The summed E-state index contributed by atoms with van der Waals surface area (Å²) in [6, 6.07) is 5.99. The number of benzene rings is 1. The van der Waals surface area contributed by atoms with Gasteiger partial charge in [-0.3, -0.25) is 4.79 Å². The summed E-state index contributed by atoms with van der Waals surface area (Å²) in [5.74, 6) is 1.37. The van der Waals surface area contributed by atoms with Gasteiger partial charge in [-0.1, -0.05) is 15.9 Å². The number of hydrogen-bond acceptors (Lipinski definition) is 2. The number of rotatable bonds is 2. The zero-order chi connectivity index (χ0) is 11.7. The second kappa shape index (κ2) is 5.27. The lowest BCUT2D eigenvalue weighted by atomic mass is 10.1. The van der Waals surface area contributed by atoms with Crippen LogP contribution in [0.2, 0.25) is 0 Å². The molecule has 0 radical (unpaired) electrons. The zero-order valence-corrected chi connectivity index (χ0v) is 13.1. The van der Waals surface area contributed by atoms with Crippen LogP contribution >= 0.6 is 51.1 Å². The fourth-order valence-corrected chi connectivity index (χ4v) is 3.68. The Labute approximate surface area is 122 Å². The van der Waals surface area contributed by atoms with Crippen molar-refractivity contribution in [2.45, 2.75) is 6.42 Å². The van der Waals surface area contributed by atoms with E-state index in [0.29, 0.717) is 12.3 Å². The summed E-state index contributed by atoms with van der Waals surface area (Å²) in [5.41, 5.74) is 1.01. The average Bonchev–Trinajstić information content (AvgIpc) is 2.60. The largest absolute Gasteiger partial charge is 0.311 e. The van der Waals surface area contributed by atoms with Gasteiger partial charge in [0.2, 0.25) is 5.91 Å². The van der Waals surface area contributed by atoms with E-state index in [0.717, 1.165) is 26.0 Å². The molecule has 0 bridgehead atoms. The summed E-state index contributed by atoms with van der Waals surface area (Å²) in [5, 5.41) is 0. The molecule has 1 fully saturated rings. The predicted molar refractivity (Wildman–Crippen MR) is 81.2 cm³/mol. The molecule has 1 heterocycles. The van der Waals surface area contributed by atoms with E-state index in [1.54, 1.807) is 0 Å². The lowest BCUT2D eigenvalue weighted by molar-refractivity contribution is -0.117. The molecule has 16 heavy (non-hydrogen) atoms. The Balaban J connectivity index is 2.28. The van der Waals surface area contributed by atoms with Crippen LogP contribution in [0.5, 0.6) is 0 Å². The van der Waals surface area contributed by atoms with Gasteiger partial charge in [0.1, 0.15) is 0 Å². The molecule has 0 spiro atoms. The molecule has 86 valence electrons. The van der Waals surface area contributed by atoms with Gasteiger partial charge in [-0.2, -0.15) is 12.6 Å². The Bertz CT molecular complexity index is 426. The molecule has 2 nitrogen and oxygen atoms in total. The number of amides is 1. The predicted octanol–water partition coefficient (Wildman–Crippen LogP) is 3.34. The van der Waals surface area contributed by atoms with Crippen LogP contribution in [-0.2, 0) is 4.79 Å². The summed E-state index contributed by atoms with van der Waals surface area (Å²) >= 11 is 9.95. The van der Waals surface area contributed by atoms with Crippen LogP contribution in [0.25, 0.3) is 0 Å². The number of carbonyl (C=O) groups is 1. The van der Waals surface area contributed by atoms with E-state index in [9.17, 15) is 4.79 Å². The van der Waals surface area contributed by atoms with Crippen LogP contribution in [0, 0.1) is 9.49 Å². The molecular formula is C11H11BrINOS. The van der Waals surface area contributed by atoms with Gasteiger partial charge in [-0.05, 0) is 52.5 Å². The fourth-order valence-electron chi connectivity index (χ4n) is 1.84. The Morgan fingerprint density at radius 2 is 2.31 bits per heavy atom. The summed E-state index contributed by atoms with van der Waals surface area (Å²) in [4.78, 5) is 13.7. The van der Waals surface area contributed by atoms with Crippen molar-refractivity contribution in [2.24, 2.45) is 5.92 Å². The molecule has 0 saturated carbocycles. The fraction of sp³-hybridized carbons (Fsp3) is 0.364. The number of nitrogens with zero attached hydrogens (tertiary/aromatic N) is 1. The number of hydrogen-bond donors (Lipinski definition) is 1. The van der Waals surface area contributed by atoms with Gasteiger partial charge in [0, 0.05) is 21.0 Å². The SMILES string of the molecule is O=C1CC(CS)CN1c1ccc(Br)cc1I. The van der Waals surface area contributed by atoms with Gasteiger partial charge in [-0.25, -0.2) is 0 Å². The highest BCUT2D eigenvalue weighted by Gasteiger charge is 2.30. The highest BCUT2D eigenvalue weighted by Crippen LogP contribution is 2.31. The maximum atomic E-state index is 11.9. The molecular weight excluding hydrogens is 401 g/mol. The minimum atomic E-state index is 0.208. The van der Waals surface area contributed by atoms with Crippen LogP contribution in [0.3, 0.4) is 0 Å².